The van der Waals surface area contributed by atoms with Gasteiger partial charge in [-0.3, -0.25) is 9.59 Å². The van der Waals surface area contributed by atoms with Gasteiger partial charge >= 0.3 is 0 Å². The smallest absolute Gasteiger partial charge is 0.255 e. The number of rotatable bonds is 8. The molecule has 40 heavy (non-hydrogen) atoms. The minimum Gasteiger partial charge on any atom is -0.394 e. The number of carbonyl (C=O) groups is 2. The summed E-state index contributed by atoms with van der Waals surface area (Å²) >= 11 is 6.49. The fraction of sp³-hybridized carbons (Fsp3) is 0.400. The van der Waals surface area contributed by atoms with Gasteiger partial charge in [0.2, 0.25) is 11.9 Å². The first-order valence-corrected chi connectivity index (χ1v) is 14.1. The van der Waals surface area contributed by atoms with Crippen molar-refractivity contribution < 1.29 is 19.4 Å². The van der Waals surface area contributed by atoms with Crippen LogP contribution in [0.1, 0.15) is 58.8 Å². The second kappa shape index (κ2) is 10.8. The van der Waals surface area contributed by atoms with Crippen LogP contribution in [0, 0.1) is 6.92 Å². The van der Waals surface area contributed by atoms with E-state index >= 15 is 0 Å². The number of ether oxygens (including phenoxy) is 1. The van der Waals surface area contributed by atoms with E-state index < -0.39 is 11.6 Å². The average Bonchev–Trinajstić information content (AvgIpc) is 3.71. The van der Waals surface area contributed by atoms with Crippen LogP contribution in [0.25, 0.3) is 11.3 Å². The topological polar surface area (TPSA) is 117 Å². The highest BCUT2D eigenvalue weighted by molar-refractivity contribution is 6.33. The van der Waals surface area contributed by atoms with Gasteiger partial charge in [-0.15, -0.1) is 0 Å². The van der Waals surface area contributed by atoms with Crippen LogP contribution in [-0.2, 0) is 16.1 Å². The Morgan fingerprint density at radius 1 is 1.23 bits per heavy atom. The number of fused-ring (bicyclic) bond motifs is 1. The van der Waals surface area contributed by atoms with Crippen molar-refractivity contribution in [2.24, 2.45) is 0 Å². The maximum Gasteiger partial charge on any atom is 0.255 e. The normalized spacial score (nSPS) is 18.8. The van der Waals surface area contributed by atoms with E-state index in [4.69, 9.17) is 16.3 Å². The first-order valence-electron chi connectivity index (χ1n) is 13.7. The Hall–Kier alpha value is -3.53. The third-order valence-corrected chi connectivity index (χ3v) is 8.36. The van der Waals surface area contributed by atoms with Crippen LogP contribution in [-0.4, -0.2) is 63.2 Å². The van der Waals surface area contributed by atoms with Crippen molar-refractivity contribution in [1.82, 2.24) is 20.2 Å². The second-order valence-electron chi connectivity index (χ2n) is 10.8. The van der Waals surface area contributed by atoms with E-state index in [0.717, 1.165) is 29.5 Å². The van der Waals surface area contributed by atoms with Crippen LogP contribution < -0.4 is 10.6 Å². The number of aryl methyl sites for hydroxylation is 1. The summed E-state index contributed by atoms with van der Waals surface area (Å²) in [6.07, 6.45) is 4.49. The van der Waals surface area contributed by atoms with E-state index in [1.807, 2.05) is 43.3 Å². The fourth-order valence-corrected chi connectivity index (χ4v) is 5.81. The third-order valence-electron chi connectivity index (χ3n) is 8.08. The highest BCUT2D eigenvalue weighted by Gasteiger charge is 2.58. The van der Waals surface area contributed by atoms with Gasteiger partial charge < -0.3 is 25.4 Å². The monoisotopic (exact) mass is 561 g/mol. The Balaban J connectivity index is 1.20. The van der Waals surface area contributed by atoms with Gasteiger partial charge in [-0.2, -0.15) is 0 Å². The van der Waals surface area contributed by atoms with E-state index in [0.29, 0.717) is 60.4 Å². The van der Waals surface area contributed by atoms with Gasteiger partial charge in [-0.1, -0.05) is 53.6 Å². The van der Waals surface area contributed by atoms with Crippen LogP contribution in [0.3, 0.4) is 0 Å². The molecule has 0 spiro atoms. The van der Waals surface area contributed by atoms with Crippen molar-refractivity contribution in [3.63, 3.8) is 0 Å². The number of hydrogen-bond donors (Lipinski definition) is 3. The van der Waals surface area contributed by atoms with Crippen LogP contribution in [0.5, 0.6) is 0 Å². The average molecular weight is 562 g/mol. The van der Waals surface area contributed by atoms with E-state index in [1.165, 1.54) is 0 Å². The number of amides is 2. The second-order valence-corrected chi connectivity index (χ2v) is 11.2. The molecule has 2 aromatic carbocycles. The van der Waals surface area contributed by atoms with Gasteiger partial charge in [0.05, 0.1) is 29.6 Å². The lowest BCUT2D eigenvalue weighted by molar-refractivity contribution is -0.128. The molecule has 1 atom stereocenters. The van der Waals surface area contributed by atoms with Gasteiger partial charge in [-0.25, -0.2) is 9.97 Å². The zero-order chi connectivity index (χ0) is 27.9. The Bertz CT molecular complexity index is 1450. The van der Waals surface area contributed by atoms with Gasteiger partial charge in [0.1, 0.15) is 5.54 Å². The largest absolute Gasteiger partial charge is 0.394 e. The Labute approximate surface area is 237 Å². The maximum atomic E-state index is 13.7. The molecule has 0 unspecified atom stereocenters. The fourth-order valence-electron chi connectivity index (χ4n) is 5.61. The molecule has 3 aromatic rings. The summed E-state index contributed by atoms with van der Waals surface area (Å²) in [5, 5.41) is 16.8. The molecule has 1 saturated carbocycles. The number of anilines is 1. The van der Waals surface area contributed by atoms with E-state index in [-0.39, 0.29) is 24.5 Å². The number of hydrogen-bond acceptors (Lipinski definition) is 7. The molecule has 1 aromatic heterocycles. The zero-order valence-electron chi connectivity index (χ0n) is 22.3. The predicted octanol–water partition coefficient (Wildman–Crippen LogP) is 4.03. The molecule has 3 heterocycles. The molecule has 0 radical (unpaired) electrons. The third kappa shape index (κ3) is 5.05. The Morgan fingerprint density at radius 2 is 2.02 bits per heavy atom. The molecule has 0 bridgehead atoms. The highest BCUT2D eigenvalue weighted by atomic mass is 35.5. The summed E-state index contributed by atoms with van der Waals surface area (Å²) in [7, 11) is 0. The molecule has 1 aliphatic carbocycles. The van der Waals surface area contributed by atoms with Gasteiger partial charge in [-0.05, 0) is 49.8 Å². The van der Waals surface area contributed by atoms with Crippen molar-refractivity contribution in [2.45, 2.75) is 56.8 Å². The predicted molar refractivity (Wildman–Crippen MR) is 151 cm³/mol. The van der Waals surface area contributed by atoms with Crippen molar-refractivity contribution in [3.8, 4) is 11.3 Å². The Kier molecular flexibility index (Phi) is 7.20. The first kappa shape index (κ1) is 26.7. The summed E-state index contributed by atoms with van der Waals surface area (Å²) < 4.78 is 5.43. The van der Waals surface area contributed by atoms with Crippen LogP contribution in [0.2, 0.25) is 5.02 Å². The summed E-state index contributed by atoms with van der Waals surface area (Å²) in [4.78, 5) is 37.8. The quantitative estimate of drug-likeness (QED) is 0.380. The molecule has 1 saturated heterocycles. The van der Waals surface area contributed by atoms with Crippen LogP contribution in [0.15, 0.2) is 48.7 Å². The van der Waals surface area contributed by atoms with E-state index in [2.05, 4.69) is 20.6 Å². The zero-order valence-corrected chi connectivity index (χ0v) is 23.1. The minimum atomic E-state index is -0.916. The molecule has 2 amide bonds. The minimum absolute atomic E-state index is 0.189. The molecule has 3 N–H and O–H groups in total. The van der Waals surface area contributed by atoms with Crippen LogP contribution in [0.4, 0.5) is 5.95 Å². The number of aliphatic hydroxyl groups excluding tert-OH is 1. The lowest BCUT2D eigenvalue weighted by atomic mass is 10.0. The molecule has 3 aliphatic rings. The molecule has 9 nitrogen and oxygen atoms in total. The molecule has 10 heteroatoms. The molecule has 2 fully saturated rings. The van der Waals surface area contributed by atoms with Crippen molar-refractivity contribution in [3.05, 3.63) is 75.9 Å². The number of benzene rings is 2. The number of nitrogens with zero attached hydrogens (tertiary/aromatic N) is 3. The molecular formula is C30H32ClN5O4. The van der Waals surface area contributed by atoms with Gasteiger partial charge in [0, 0.05) is 36.9 Å². The van der Waals surface area contributed by atoms with E-state index in [9.17, 15) is 14.7 Å². The number of carbonyl (C=O) groups excluding carboxylic acids is 2. The van der Waals surface area contributed by atoms with Crippen molar-refractivity contribution in [1.29, 1.82) is 0 Å². The molecular weight excluding hydrogens is 530 g/mol. The first-order chi connectivity index (χ1) is 19.4. The lowest BCUT2D eigenvalue weighted by Gasteiger charge is -2.29. The summed E-state index contributed by atoms with van der Waals surface area (Å²) in [5.74, 6) is 0.0591. The summed E-state index contributed by atoms with van der Waals surface area (Å²) in [6, 6.07) is 13.0. The number of aliphatic hydroxyl groups is 1. The standard InChI is InChI=1S/C30H32ClN5O4/c1-18-3-2-4-19(13-18)25(17-37)34-28(39)30(9-10-30)36-16-21-6-5-20(14-23(21)27(36)38)26-24(31)15-32-29(35-26)33-22-7-11-40-12-8-22/h2-6,13-15,22,25,37H,7-12,16-17H2,1H3,(H,34,39)(H,32,33,35)/t25-/m1/s1. The number of halogens is 1. The van der Waals surface area contributed by atoms with Gasteiger partial charge in [0.25, 0.3) is 5.91 Å². The SMILES string of the molecule is Cc1cccc([C@@H](CO)NC(=O)C2(N3Cc4ccc(-c5nc(NC6CCOCC6)ncc5Cl)cc4C3=O)CC2)c1. The van der Waals surface area contributed by atoms with Crippen molar-refractivity contribution in [2.75, 3.05) is 25.1 Å². The Morgan fingerprint density at radius 3 is 2.75 bits per heavy atom. The molecule has 6 rings (SSSR count). The highest BCUT2D eigenvalue weighted by Crippen LogP contribution is 2.47. The summed E-state index contributed by atoms with van der Waals surface area (Å²) in [5.41, 5.74) is 3.62. The van der Waals surface area contributed by atoms with Gasteiger partial charge in [0.15, 0.2) is 0 Å². The molecule has 208 valence electrons. The lowest BCUT2D eigenvalue weighted by Crippen LogP contribution is -2.50. The van der Waals surface area contributed by atoms with Crippen LogP contribution >= 0.6 is 11.6 Å². The summed E-state index contributed by atoms with van der Waals surface area (Å²) in [6.45, 7) is 3.49. The van der Waals surface area contributed by atoms with E-state index in [1.54, 1.807) is 17.2 Å². The van der Waals surface area contributed by atoms with Crippen molar-refractivity contribution >= 4 is 29.4 Å². The molecule has 2 aliphatic heterocycles. The number of aromatic nitrogens is 2. The number of nitrogens with one attached hydrogen (secondary N) is 2. The maximum absolute atomic E-state index is 13.7.